The van der Waals surface area contributed by atoms with E-state index in [0.29, 0.717) is 11.2 Å². The second-order valence-electron chi connectivity index (χ2n) is 4.97. The van der Waals surface area contributed by atoms with Crippen LogP contribution in [0.3, 0.4) is 0 Å². The minimum atomic E-state index is -2.31. The molecule has 110 valence electrons. The predicted molar refractivity (Wildman–Crippen MR) is 82.2 cm³/mol. The molecule has 0 aliphatic heterocycles. The number of benzene rings is 1. The molecule has 0 radical (unpaired) electrons. The van der Waals surface area contributed by atoms with Crippen molar-refractivity contribution in [2.75, 3.05) is 0 Å². The van der Waals surface area contributed by atoms with Crippen LogP contribution in [-0.4, -0.2) is 28.3 Å². The van der Waals surface area contributed by atoms with E-state index in [1.165, 1.54) is 0 Å². The molecule has 0 amide bonds. The summed E-state index contributed by atoms with van der Waals surface area (Å²) >= 11 is -2.31. The normalized spacial score (nSPS) is 13.0. The van der Waals surface area contributed by atoms with Crippen LogP contribution in [-0.2, 0) is 11.1 Å². The number of hydrogen-bond acceptors (Lipinski definition) is 4. The minimum absolute atomic E-state index is 0.263. The molecule has 0 aliphatic carbocycles. The minimum Gasteiger partial charge on any atom is -0.768 e. The zero-order chi connectivity index (χ0) is 15.3. The topological polar surface area (TPSA) is 86.1 Å². The number of fused-ring (bicyclic) bond motifs is 3. The lowest BCUT2D eigenvalue weighted by molar-refractivity contribution is 0.537. The SMILES string of the molecule is Cc1nnc2cc(-c3ccccc3S(=O)[O-])c3[nH]ccc3n12. The zero-order valence-electron chi connectivity index (χ0n) is 11.6. The predicted octanol–water partition coefficient (Wildman–Crippen LogP) is 2.42. The smallest absolute Gasteiger partial charge is 0.162 e. The Hall–Kier alpha value is -2.51. The third-order valence-corrected chi connectivity index (χ3v) is 4.43. The molecule has 3 aromatic heterocycles. The summed E-state index contributed by atoms with van der Waals surface area (Å²) in [6.07, 6.45) is 1.82. The number of pyridine rings is 1. The number of rotatable bonds is 2. The van der Waals surface area contributed by atoms with Crippen molar-refractivity contribution >= 4 is 27.8 Å². The maximum absolute atomic E-state index is 11.5. The summed E-state index contributed by atoms with van der Waals surface area (Å²) in [6.45, 7) is 1.88. The highest BCUT2D eigenvalue weighted by molar-refractivity contribution is 7.79. The molecule has 1 atom stereocenters. The average molecular weight is 311 g/mol. The summed E-state index contributed by atoms with van der Waals surface area (Å²) in [5.74, 6) is 0.784. The Morgan fingerprint density at radius 1 is 1.18 bits per heavy atom. The van der Waals surface area contributed by atoms with Gasteiger partial charge in [0.05, 0.1) is 11.0 Å². The first-order valence-electron chi connectivity index (χ1n) is 6.67. The Balaban J connectivity index is 2.15. The maximum atomic E-state index is 11.5. The molecule has 0 saturated heterocycles. The highest BCUT2D eigenvalue weighted by Gasteiger charge is 2.15. The van der Waals surface area contributed by atoms with E-state index in [4.69, 9.17) is 0 Å². The second-order valence-corrected chi connectivity index (χ2v) is 5.88. The van der Waals surface area contributed by atoms with Gasteiger partial charge in [-0.3, -0.25) is 8.61 Å². The lowest BCUT2D eigenvalue weighted by Crippen LogP contribution is -1.96. The highest BCUT2D eigenvalue weighted by atomic mass is 32.2. The van der Waals surface area contributed by atoms with Gasteiger partial charge >= 0.3 is 0 Å². The quantitative estimate of drug-likeness (QED) is 0.576. The number of aryl methyl sites for hydroxylation is 1. The Morgan fingerprint density at radius 2 is 2.00 bits per heavy atom. The van der Waals surface area contributed by atoms with Crippen LogP contribution in [0.25, 0.3) is 27.8 Å². The van der Waals surface area contributed by atoms with Gasteiger partial charge in [-0.15, -0.1) is 10.2 Å². The lowest BCUT2D eigenvalue weighted by Gasteiger charge is -2.13. The van der Waals surface area contributed by atoms with Gasteiger partial charge < -0.3 is 9.54 Å². The zero-order valence-corrected chi connectivity index (χ0v) is 12.4. The standard InChI is InChI=1S/C15H12N4O2S/c1-9-17-18-14-8-11(15-12(19(9)14)6-7-16-15)10-4-2-3-5-13(10)22(20)21/h2-8,16H,1H3,(H,20,21)/p-1. The molecular formula is C15H11N4O2S-. The third-order valence-electron chi connectivity index (χ3n) is 3.72. The van der Waals surface area contributed by atoms with E-state index >= 15 is 0 Å². The molecule has 0 spiro atoms. The molecule has 22 heavy (non-hydrogen) atoms. The lowest BCUT2D eigenvalue weighted by atomic mass is 10.1. The molecule has 7 heteroatoms. The summed E-state index contributed by atoms with van der Waals surface area (Å²) in [4.78, 5) is 3.45. The molecule has 0 bridgehead atoms. The molecule has 1 N–H and O–H groups in total. The van der Waals surface area contributed by atoms with Gasteiger partial charge in [0.15, 0.2) is 5.65 Å². The number of H-pyrrole nitrogens is 1. The maximum Gasteiger partial charge on any atom is 0.162 e. The molecule has 0 fully saturated rings. The highest BCUT2D eigenvalue weighted by Crippen LogP contribution is 2.32. The molecule has 0 aliphatic rings. The number of nitrogens with one attached hydrogen (secondary N) is 1. The summed E-state index contributed by atoms with van der Waals surface area (Å²) < 4.78 is 24.9. The van der Waals surface area contributed by atoms with Crippen molar-refractivity contribution in [3.63, 3.8) is 0 Å². The van der Waals surface area contributed by atoms with Crippen molar-refractivity contribution < 1.29 is 8.76 Å². The van der Waals surface area contributed by atoms with Crippen LogP contribution in [0.1, 0.15) is 5.82 Å². The Morgan fingerprint density at radius 3 is 2.82 bits per heavy atom. The van der Waals surface area contributed by atoms with Crippen molar-refractivity contribution in [3.05, 3.63) is 48.4 Å². The molecule has 4 aromatic rings. The number of aromatic nitrogens is 4. The third kappa shape index (κ3) is 1.79. The Bertz CT molecular complexity index is 1030. The van der Waals surface area contributed by atoms with Crippen LogP contribution < -0.4 is 0 Å². The van der Waals surface area contributed by atoms with Crippen molar-refractivity contribution in [2.45, 2.75) is 11.8 Å². The number of nitrogens with zero attached hydrogens (tertiary/aromatic N) is 3. The largest absolute Gasteiger partial charge is 0.768 e. The van der Waals surface area contributed by atoms with Crippen molar-refractivity contribution in [1.82, 2.24) is 19.6 Å². The first-order chi connectivity index (χ1) is 10.7. The van der Waals surface area contributed by atoms with Crippen LogP contribution in [0.15, 0.2) is 47.5 Å². The summed E-state index contributed by atoms with van der Waals surface area (Å²) in [5, 5.41) is 8.25. The Kier molecular flexibility index (Phi) is 2.85. The fourth-order valence-electron chi connectivity index (χ4n) is 2.78. The fraction of sp³-hybridized carbons (Fsp3) is 0.0667. The van der Waals surface area contributed by atoms with Crippen LogP contribution in [0.4, 0.5) is 0 Å². The first kappa shape index (κ1) is 13.2. The van der Waals surface area contributed by atoms with Gasteiger partial charge in [0.2, 0.25) is 0 Å². The monoisotopic (exact) mass is 311 g/mol. The van der Waals surface area contributed by atoms with Crippen LogP contribution in [0.2, 0.25) is 0 Å². The summed E-state index contributed by atoms with van der Waals surface area (Å²) in [7, 11) is 0. The van der Waals surface area contributed by atoms with Gasteiger partial charge in [0, 0.05) is 16.7 Å². The van der Waals surface area contributed by atoms with E-state index in [2.05, 4.69) is 15.2 Å². The molecule has 0 saturated carbocycles. The van der Waals surface area contributed by atoms with Crippen LogP contribution in [0.5, 0.6) is 0 Å². The molecule has 1 unspecified atom stereocenters. The summed E-state index contributed by atoms with van der Waals surface area (Å²) in [5.41, 5.74) is 3.90. The van der Waals surface area contributed by atoms with Gasteiger partial charge in [-0.1, -0.05) is 18.2 Å². The van der Waals surface area contributed by atoms with Crippen molar-refractivity contribution in [3.8, 4) is 11.1 Å². The fourth-order valence-corrected chi connectivity index (χ4v) is 3.33. The Labute approximate surface area is 128 Å². The average Bonchev–Trinajstić information content (AvgIpc) is 3.13. The molecule has 1 aromatic carbocycles. The van der Waals surface area contributed by atoms with Gasteiger partial charge in [-0.2, -0.15) is 0 Å². The van der Waals surface area contributed by atoms with E-state index in [9.17, 15) is 8.76 Å². The van der Waals surface area contributed by atoms with E-state index in [1.807, 2.05) is 35.7 Å². The van der Waals surface area contributed by atoms with Crippen molar-refractivity contribution in [1.29, 1.82) is 0 Å². The van der Waals surface area contributed by atoms with E-state index in [0.717, 1.165) is 22.4 Å². The molecule has 3 heterocycles. The van der Waals surface area contributed by atoms with Crippen molar-refractivity contribution in [2.24, 2.45) is 0 Å². The number of aromatic amines is 1. The molecule has 6 nitrogen and oxygen atoms in total. The van der Waals surface area contributed by atoms with Gasteiger partial charge in [-0.25, -0.2) is 0 Å². The van der Waals surface area contributed by atoms with Gasteiger partial charge in [-0.05, 0) is 41.8 Å². The van der Waals surface area contributed by atoms with E-state index < -0.39 is 11.1 Å². The number of hydrogen-bond donors (Lipinski definition) is 1. The van der Waals surface area contributed by atoms with Gasteiger partial charge in [0.1, 0.15) is 5.82 Å². The molecular weight excluding hydrogens is 300 g/mol. The van der Waals surface area contributed by atoms with E-state index in [1.54, 1.807) is 18.2 Å². The summed E-state index contributed by atoms with van der Waals surface area (Å²) in [6, 6.07) is 10.7. The molecule has 4 rings (SSSR count). The first-order valence-corrected chi connectivity index (χ1v) is 7.75. The van der Waals surface area contributed by atoms with Gasteiger partial charge in [0.25, 0.3) is 0 Å². The van der Waals surface area contributed by atoms with E-state index in [-0.39, 0.29) is 4.90 Å². The van der Waals surface area contributed by atoms with Crippen LogP contribution >= 0.6 is 0 Å². The second kappa shape index (κ2) is 4.75. The van der Waals surface area contributed by atoms with Crippen LogP contribution in [0, 0.1) is 6.92 Å².